The first kappa shape index (κ1) is 15.5. The first-order valence-corrected chi connectivity index (χ1v) is 7.51. The number of fused-ring (bicyclic) bond motifs is 1. The lowest BCUT2D eigenvalue weighted by Crippen LogP contribution is -2.32. The van der Waals surface area contributed by atoms with Crippen molar-refractivity contribution in [1.82, 2.24) is 15.3 Å². The predicted molar refractivity (Wildman–Crippen MR) is 84.6 cm³/mol. The number of hydrogen-bond donors (Lipinski definition) is 3. The van der Waals surface area contributed by atoms with Gasteiger partial charge in [-0.3, -0.25) is 4.79 Å². The molecule has 1 amide bonds. The van der Waals surface area contributed by atoms with Crippen LogP contribution in [0.5, 0.6) is 0 Å². The Morgan fingerprint density at radius 1 is 1.48 bits per heavy atom. The number of ether oxygens (including phenoxy) is 1. The number of aryl methyl sites for hydroxylation is 1. The van der Waals surface area contributed by atoms with Crippen molar-refractivity contribution in [3.8, 4) is 0 Å². The third-order valence-corrected chi connectivity index (χ3v) is 4.03. The van der Waals surface area contributed by atoms with Gasteiger partial charge in [0.2, 0.25) is 11.9 Å². The van der Waals surface area contributed by atoms with Crippen LogP contribution in [0.2, 0.25) is 0 Å². The van der Waals surface area contributed by atoms with E-state index in [0.717, 1.165) is 16.6 Å². The summed E-state index contributed by atoms with van der Waals surface area (Å²) in [6.45, 7) is 3.18. The molecule has 0 saturated carbocycles. The quantitative estimate of drug-likeness (QED) is 0.660. The van der Waals surface area contributed by atoms with Gasteiger partial charge in [0, 0.05) is 18.5 Å². The van der Waals surface area contributed by atoms with Crippen molar-refractivity contribution in [2.45, 2.75) is 13.3 Å². The van der Waals surface area contributed by atoms with Crippen molar-refractivity contribution in [1.29, 1.82) is 0 Å². The molecule has 0 aliphatic rings. The van der Waals surface area contributed by atoms with E-state index in [1.165, 1.54) is 4.88 Å². The number of rotatable bonds is 7. The van der Waals surface area contributed by atoms with E-state index in [9.17, 15) is 4.79 Å². The lowest BCUT2D eigenvalue weighted by atomic mass is 10.3. The van der Waals surface area contributed by atoms with E-state index in [0.29, 0.717) is 19.0 Å². The highest BCUT2D eigenvalue weighted by Crippen LogP contribution is 2.29. The summed E-state index contributed by atoms with van der Waals surface area (Å²) in [6, 6.07) is 2.03. The number of methoxy groups -OCH3 is 1. The van der Waals surface area contributed by atoms with Crippen LogP contribution < -0.4 is 16.4 Å². The molecule has 0 aliphatic heterocycles. The van der Waals surface area contributed by atoms with E-state index >= 15 is 0 Å². The monoisotopic (exact) mass is 309 g/mol. The van der Waals surface area contributed by atoms with Gasteiger partial charge in [0.1, 0.15) is 10.6 Å². The van der Waals surface area contributed by atoms with Crippen LogP contribution in [0.25, 0.3) is 10.2 Å². The second kappa shape index (κ2) is 7.19. The van der Waals surface area contributed by atoms with Crippen molar-refractivity contribution in [2.24, 2.45) is 0 Å². The molecule has 0 fully saturated rings. The zero-order valence-corrected chi connectivity index (χ0v) is 12.9. The minimum Gasteiger partial charge on any atom is -0.383 e. The maximum atomic E-state index is 11.7. The molecule has 2 heterocycles. The van der Waals surface area contributed by atoms with Crippen molar-refractivity contribution in [3.63, 3.8) is 0 Å². The second-order valence-corrected chi connectivity index (χ2v) is 5.53. The van der Waals surface area contributed by atoms with E-state index in [1.807, 2.05) is 6.07 Å². The molecule has 2 rings (SSSR count). The minimum atomic E-state index is -0.122. The zero-order valence-electron chi connectivity index (χ0n) is 12.1. The maximum Gasteiger partial charge on any atom is 0.239 e. The average Bonchev–Trinajstić information content (AvgIpc) is 2.88. The van der Waals surface area contributed by atoms with Crippen LogP contribution >= 0.6 is 11.3 Å². The number of nitrogens with one attached hydrogen (secondary N) is 2. The molecule has 8 heteroatoms. The highest BCUT2D eigenvalue weighted by molar-refractivity contribution is 7.18. The summed E-state index contributed by atoms with van der Waals surface area (Å²) in [5.74, 6) is 0.674. The van der Waals surface area contributed by atoms with Gasteiger partial charge in [-0.05, 0) is 12.5 Å². The topological polar surface area (TPSA) is 102 Å². The molecule has 0 spiro atoms. The fourth-order valence-corrected chi connectivity index (χ4v) is 2.79. The van der Waals surface area contributed by atoms with Gasteiger partial charge in [-0.25, -0.2) is 4.98 Å². The van der Waals surface area contributed by atoms with E-state index in [2.05, 4.69) is 27.5 Å². The smallest absolute Gasteiger partial charge is 0.239 e. The number of carbonyl (C=O) groups is 1. The molecule has 0 radical (unpaired) electrons. The Bertz CT molecular complexity index is 628. The summed E-state index contributed by atoms with van der Waals surface area (Å²) in [4.78, 5) is 22.1. The van der Waals surface area contributed by atoms with E-state index < -0.39 is 0 Å². The molecule has 0 aliphatic carbocycles. The number of carbonyl (C=O) groups excluding carboxylic acids is 1. The molecule has 0 bridgehead atoms. The normalized spacial score (nSPS) is 10.8. The number of thiophene rings is 1. The lowest BCUT2D eigenvalue weighted by Gasteiger charge is -2.08. The predicted octanol–water partition coefficient (Wildman–Crippen LogP) is 1.01. The minimum absolute atomic E-state index is 0.122. The molecule has 4 N–H and O–H groups in total. The molecule has 21 heavy (non-hydrogen) atoms. The van der Waals surface area contributed by atoms with Gasteiger partial charge in [-0.1, -0.05) is 6.92 Å². The summed E-state index contributed by atoms with van der Waals surface area (Å²) >= 11 is 1.59. The van der Waals surface area contributed by atoms with Gasteiger partial charge in [0.15, 0.2) is 0 Å². The van der Waals surface area contributed by atoms with Gasteiger partial charge in [-0.15, -0.1) is 11.3 Å². The lowest BCUT2D eigenvalue weighted by molar-refractivity contribution is -0.119. The van der Waals surface area contributed by atoms with Crippen LogP contribution in [0.1, 0.15) is 11.8 Å². The van der Waals surface area contributed by atoms with E-state index in [-0.39, 0.29) is 18.4 Å². The van der Waals surface area contributed by atoms with Crippen molar-refractivity contribution >= 4 is 39.2 Å². The number of amides is 1. The molecule has 0 saturated heterocycles. The van der Waals surface area contributed by atoms with Crippen LogP contribution in [0.3, 0.4) is 0 Å². The van der Waals surface area contributed by atoms with E-state index in [4.69, 9.17) is 10.5 Å². The Labute approximate surface area is 126 Å². The summed E-state index contributed by atoms with van der Waals surface area (Å²) < 4.78 is 4.87. The molecule has 2 aromatic heterocycles. The number of hydrogen-bond acceptors (Lipinski definition) is 7. The summed E-state index contributed by atoms with van der Waals surface area (Å²) in [6.07, 6.45) is 0.928. The SMILES string of the molecule is CCc1cc2c(NCC(=O)NCCOC)nc(N)nc2s1. The summed E-state index contributed by atoms with van der Waals surface area (Å²) in [5.41, 5.74) is 5.71. The first-order valence-electron chi connectivity index (χ1n) is 6.69. The molecule has 0 atom stereocenters. The molecule has 0 aromatic carbocycles. The van der Waals surface area contributed by atoms with Crippen LogP contribution in [-0.4, -0.2) is 42.7 Å². The molecule has 114 valence electrons. The van der Waals surface area contributed by atoms with Crippen molar-refractivity contribution < 1.29 is 9.53 Å². The van der Waals surface area contributed by atoms with Crippen LogP contribution in [0.15, 0.2) is 6.07 Å². The number of aromatic nitrogens is 2. The highest BCUT2D eigenvalue weighted by atomic mass is 32.1. The first-order chi connectivity index (χ1) is 10.1. The van der Waals surface area contributed by atoms with Crippen molar-refractivity contribution in [2.75, 3.05) is 37.9 Å². The number of nitrogens with two attached hydrogens (primary N) is 1. The molecular formula is C13H19N5O2S. The van der Waals surface area contributed by atoms with E-state index in [1.54, 1.807) is 18.4 Å². The van der Waals surface area contributed by atoms with Gasteiger partial charge < -0.3 is 21.1 Å². The van der Waals surface area contributed by atoms with Gasteiger partial charge in [0.25, 0.3) is 0 Å². The van der Waals surface area contributed by atoms with Gasteiger partial charge >= 0.3 is 0 Å². The Morgan fingerprint density at radius 3 is 3.00 bits per heavy atom. The molecule has 7 nitrogen and oxygen atoms in total. The summed E-state index contributed by atoms with van der Waals surface area (Å²) in [5, 5.41) is 6.65. The molecule has 0 unspecified atom stereocenters. The number of nitrogens with zero attached hydrogens (tertiary/aromatic N) is 2. The largest absolute Gasteiger partial charge is 0.383 e. The molecular weight excluding hydrogens is 290 g/mol. The second-order valence-electron chi connectivity index (χ2n) is 4.41. The Kier molecular flexibility index (Phi) is 5.29. The van der Waals surface area contributed by atoms with Crippen LogP contribution in [0, 0.1) is 0 Å². The van der Waals surface area contributed by atoms with Crippen LogP contribution in [0.4, 0.5) is 11.8 Å². The fourth-order valence-electron chi connectivity index (χ4n) is 1.82. The Morgan fingerprint density at radius 2 is 2.29 bits per heavy atom. The van der Waals surface area contributed by atoms with Crippen LogP contribution in [-0.2, 0) is 16.0 Å². The standard InChI is InChI=1S/C13H19N5O2S/c1-3-8-6-9-11(17-13(14)18-12(9)21-8)16-7-10(19)15-4-5-20-2/h6H,3-5,7H2,1-2H3,(H,15,19)(H3,14,16,17,18). The van der Waals surface area contributed by atoms with Gasteiger partial charge in [0.05, 0.1) is 18.5 Å². The molecule has 2 aromatic rings. The fraction of sp³-hybridized carbons (Fsp3) is 0.462. The van der Waals surface area contributed by atoms with Crippen molar-refractivity contribution in [3.05, 3.63) is 10.9 Å². The summed E-state index contributed by atoms with van der Waals surface area (Å²) in [7, 11) is 1.59. The Balaban J connectivity index is 2.07. The third kappa shape index (κ3) is 4.02. The average molecular weight is 309 g/mol. The zero-order chi connectivity index (χ0) is 15.2. The highest BCUT2D eigenvalue weighted by Gasteiger charge is 2.11. The number of nitrogen functional groups attached to an aromatic ring is 1. The Hall–Kier alpha value is -1.93. The van der Waals surface area contributed by atoms with Gasteiger partial charge in [-0.2, -0.15) is 4.98 Å². The third-order valence-electron chi connectivity index (χ3n) is 2.85. The maximum absolute atomic E-state index is 11.7. The number of anilines is 2.